The van der Waals surface area contributed by atoms with E-state index < -0.39 is 0 Å². The Balaban J connectivity index is 1.69. The Labute approximate surface area is 147 Å². The summed E-state index contributed by atoms with van der Waals surface area (Å²) in [7, 11) is 1.95. The zero-order chi connectivity index (χ0) is 16.9. The molecule has 0 bridgehead atoms. The molecule has 1 amide bonds. The van der Waals surface area contributed by atoms with Crippen LogP contribution in [0.25, 0.3) is 11.4 Å². The van der Waals surface area contributed by atoms with Crippen LogP contribution in [0.15, 0.2) is 35.5 Å². The Morgan fingerprint density at radius 1 is 1.08 bits per heavy atom. The van der Waals surface area contributed by atoms with Crippen molar-refractivity contribution < 1.29 is 4.79 Å². The minimum absolute atomic E-state index is 0.144. The molecule has 24 heavy (non-hydrogen) atoms. The van der Waals surface area contributed by atoms with Crippen LogP contribution < -0.4 is 0 Å². The molecule has 0 saturated carbocycles. The molecule has 2 aromatic rings. The number of hydrogen-bond donors (Lipinski definition) is 0. The van der Waals surface area contributed by atoms with Crippen LogP contribution in [-0.4, -0.2) is 43.9 Å². The van der Waals surface area contributed by atoms with Gasteiger partial charge in [-0.05, 0) is 19.8 Å². The molecule has 1 aromatic heterocycles. The summed E-state index contributed by atoms with van der Waals surface area (Å²) in [5.74, 6) is 1.04. The average Bonchev–Trinajstić information content (AvgIpc) is 2.81. The van der Waals surface area contributed by atoms with E-state index in [0.29, 0.717) is 0 Å². The number of thioether (sulfide) groups is 1. The first-order valence-electron chi connectivity index (χ1n) is 8.57. The highest BCUT2D eigenvalue weighted by Crippen LogP contribution is 2.27. The van der Waals surface area contributed by atoms with Gasteiger partial charge in [-0.15, -0.1) is 10.2 Å². The summed E-state index contributed by atoms with van der Waals surface area (Å²) < 4.78 is 1.96. The van der Waals surface area contributed by atoms with Crippen molar-refractivity contribution in [3.05, 3.63) is 30.3 Å². The van der Waals surface area contributed by atoms with Crippen LogP contribution in [0.1, 0.15) is 32.6 Å². The molecule has 2 heterocycles. The van der Waals surface area contributed by atoms with Crippen molar-refractivity contribution in [3.63, 3.8) is 0 Å². The highest BCUT2D eigenvalue weighted by Gasteiger charge is 2.24. The average molecular weight is 344 g/mol. The van der Waals surface area contributed by atoms with Crippen molar-refractivity contribution in [1.82, 2.24) is 19.7 Å². The van der Waals surface area contributed by atoms with Crippen LogP contribution in [0.3, 0.4) is 0 Å². The molecule has 1 aliphatic rings. The van der Waals surface area contributed by atoms with Gasteiger partial charge in [0.15, 0.2) is 11.0 Å². The molecule has 1 aliphatic heterocycles. The fourth-order valence-corrected chi connectivity index (χ4v) is 3.91. The van der Waals surface area contributed by atoms with Crippen LogP contribution in [0.4, 0.5) is 0 Å². The van der Waals surface area contributed by atoms with E-state index in [1.807, 2.05) is 53.8 Å². The first-order chi connectivity index (χ1) is 11.7. The van der Waals surface area contributed by atoms with E-state index in [4.69, 9.17) is 0 Å². The third-order valence-corrected chi connectivity index (χ3v) is 5.54. The molecule has 0 spiro atoms. The molecule has 3 rings (SSSR count). The minimum Gasteiger partial charge on any atom is -0.342 e. The fourth-order valence-electron chi connectivity index (χ4n) is 3.01. The zero-order valence-electron chi connectivity index (χ0n) is 14.3. The van der Waals surface area contributed by atoms with Crippen LogP contribution in [0.2, 0.25) is 0 Å². The highest BCUT2D eigenvalue weighted by molar-refractivity contribution is 8.00. The molecule has 0 unspecified atom stereocenters. The van der Waals surface area contributed by atoms with E-state index in [1.165, 1.54) is 24.6 Å². The molecular weight excluding hydrogens is 320 g/mol. The number of likely N-dealkylation sites (tertiary alicyclic amines) is 1. The molecule has 5 nitrogen and oxygen atoms in total. The van der Waals surface area contributed by atoms with Crippen LogP contribution in [-0.2, 0) is 11.8 Å². The monoisotopic (exact) mass is 344 g/mol. The molecule has 6 heteroatoms. The predicted octanol–water partition coefficient (Wildman–Crippen LogP) is 3.37. The second-order valence-corrected chi connectivity index (χ2v) is 7.54. The normalized spacial score (nSPS) is 16.7. The number of carbonyl (C=O) groups excluding carboxylic acids is 1. The quantitative estimate of drug-likeness (QED) is 0.798. The van der Waals surface area contributed by atoms with E-state index in [1.54, 1.807) is 0 Å². The summed E-state index contributed by atoms with van der Waals surface area (Å²) in [4.78, 5) is 14.7. The standard InChI is InChI=1S/C18H24N4OS/c1-14(17(23)22-12-8-3-4-9-13-22)24-18-20-19-16(21(18)2)15-10-6-5-7-11-15/h5-7,10-11,14H,3-4,8-9,12-13H2,1-2H3/t14-/m1/s1. The predicted molar refractivity (Wildman–Crippen MR) is 96.8 cm³/mol. The maximum atomic E-state index is 12.7. The van der Waals surface area contributed by atoms with Gasteiger partial charge in [0.2, 0.25) is 5.91 Å². The zero-order valence-corrected chi connectivity index (χ0v) is 15.1. The third kappa shape index (κ3) is 3.80. The van der Waals surface area contributed by atoms with Gasteiger partial charge in [0.1, 0.15) is 0 Å². The number of nitrogens with zero attached hydrogens (tertiary/aromatic N) is 4. The van der Waals surface area contributed by atoms with E-state index in [0.717, 1.165) is 42.5 Å². The van der Waals surface area contributed by atoms with E-state index in [-0.39, 0.29) is 11.2 Å². The second-order valence-electron chi connectivity index (χ2n) is 6.23. The van der Waals surface area contributed by atoms with Gasteiger partial charge in [-0.2, -0.15) is 0 Å². The van der Waals surface area contributed by atoms with E-state index >= 15 is 0 Å². The van der Waals surface area contributed by atoms with Gasteiger partial charge in [-0.3, -0.25) is 4.79 Å². The molecule has 1 atom stereocenters. The summed E-state index contributed by atoms with van der Waals surface area (Å²) in [5, 5.41) is 9.21. The molecule has 0 radical (unpaired) electrons. The maximum Gasteiger partial charge on any atom is 0.235 e. The van der Waals surface area contributed by atoms with Gasteiger partial charge in [0.25, 0.3) is 0 Å². The molecule has 0 aliphatic carbocycles. The Morgan fingerprint density at radius 2 is 1.75 bits per heavy atom. The lowest BCUT2D eigenvalue weighted by molar-refractivity contribution is -0.130. The topological polar surface area (TPSA) is 51.0 Å². The van der Waals surface area contributed by atoms with Crippen LogP contribution in [0, 0.1) is 0 Å². The summed E-state index contributed by atoms with van der Waals surface area (Å²) >= 11 is 1.49. The van der Waals surface area contributed by atoms with Gasteiger partial charge in [0.05, 0.1) is 5.25 Å². The Hall–Kier alpha value is -1.82. The van der Waals surface area contributed by atoms with Gasteiger partial charge >= 0.3 is 0 Å². The summed E-state index contributed by atoms with van der Waals surface area (Å²) in [6.45, 7) is 3.74. The maximum absolute atomic E-state index is 12.7. The van der Waals surface area contributed by atoms with Crippen molar-refractivity contribution >= 4 is 17.7 Å². The third-order valence-electron chi connectivity index (χ3n) is 4.41. The lowest BCUT2D eigenvalue weighted by Gasteiger charge is -2.23. The first kappa shape index (κ1) is 17.0. The van der Waals surface area contributed by atoms with Gasteiger partial charge < -0.3 is 9.47 Å². The first-order valence-corrected chi connectivity index (χ1v) is 9.45. The number of amides is 1. The molecule has 1 aromatic carbocycles. The molecule has 0 N–H and O–H groups in total. The number of rotatable bonds is 4. The molecule has 128 valence electrons. The van der Waals surface area contributed by atoms with E-state index in [2.05, 4.69) is 10.2 Å². The van der Waals surface area contributed by atoms with Crippen molar-refractivity contribution in [2.45, 2.75) is 43.0 Å². The van der Waals surface area contributed by atoms with Crippen LogP contribution in [0.5, 0.6) is 0 Å². The van der Waals surface area contributed by atoms with Gasteiger partial charge in [-0.1, -0.05) is 54.9 Å². The van der Waals surface area contributed by atoms with Crippen molar-refractivity contribution in [2.75, 3.05) is 13.1 Å². The SMILES string of the molecule is C[C@@H](Sc1nnc(-c2ccccc2)n1C)C(=O)N1CCCCCC1. The second kappa shape index (κ2) is 7.83. The highest BCUT2D eigenvalue weighted by atomic mass is 32.2. The van der Waals surface area contributed by atoms with E-state index in [9.17, 15) is 4.79 Å². The lowest BCUT2D eigenvalue weighted by atomic mass is 10.2. The fraction of sp³-hybridized carbons (Fsp3) is 0.500. The Morgan fingerprint density at radius 3 is 2.42 bits per heavy atom. The largest absolute Gasteiger partial charge is 0.342 e. The number of aromatic nitrogens is 3. The minimum atomic E-state index is -0.144. The summed E-state index contributed by atoms with van der Waals surface area (Å²) in [6, 6.07) is 10.00. The number of hydrogen-bond acceptors (Lipinski definition) is 4. The van der Waals surface area contributed by atoms with Crippen molar-refractivity contribution in [1.29, 1.82) is 0 Å². The van der Waals surface area contributed by atoms with Gasteiger partial charge in [0, 0.05) is 25.7 Å². The number of carbonyl (C=O) groups is 1. The molecule has 1 fully saturated rings. The summed E-state index contributed by atoms with van der Waals surface area (Å²) in [5.41, 5.74) is 1.03. The van der Waals surface area contributed by atoms with Crippen molar-refractivity contribution in [2.24, 2.45) is 7.05 Å². The number of benzene rings is 1. The lowest BCUT2D eigenvalue weighted by Crippen LogP contribution is -2.37. The summed E-state index contributed by atoms with van der Waals surface area (Å²) in [6.07, 6.45) is 4.69. The van der Waals surface area contributed by atoms with Crippen molar-refractivity contribution in [3.8, 4) is 11.4 Å². The Kier molecular flexibility index (Phi) is 5.56. The van der Waals surface area contributed by atoms with Crippen LogP contribution >= 0.6 is 11.8 Å². The van der Waals surface area contributed by atoms with Gasteiger partial charge in [-0.25, -0.2) is 0 Å². The molecule has 1 saturated heterocycles. The smallest absolute Gasteiger partial charge is 0.235 e. The molecular formula is C18H24N4OS. The Bertz CT molecular complexity index is 678.